The molecule has 0 radical (unpaired) electrons. The molecule has 18 heavy (non-hydrogen) atoms. The molecule has 0 unspecified atom stereocenters. The first kappa shape index (κ1) is 14.9. The summed E-state index contributed by atoms with van der Waals surface area (Å²) in [4.78, 5) is 12.0. The third kappa shape index (κ3) is 3.95. The molecule has 0 aliphatic heterocycles. The van der Waals surface area contributed by atoms with Crippen LogP contribution in [0.3, 0.4) is 0 Å². The number of benzene rings is 1. The monoisotopic (exact) mass is 266 g/mol. The summed E-state index contributed by atoms with van der Waals surface area (Å²) < 4.78 is 0.0651. The van der Waals surface area contributed by atoms with Crippen LogP contribution in [0.4, 0.5) is 5.69 Å². The van der Waals surface area contributed by atoms with E-state index < -0.39 is 0 Å². The van der Waals surface area contributed by atoms with Gasteiger partial charge in [-0.25, -0.2) is 0 Å². The van der Waals surface area contributed by atoms with Gasteiger partial charge in [-0.2, -0.15) is 11.8 Å². The van der Waals surface area contributed by atoms with Crippen molar-refractivity contribution in [2.75, 3.05) is 25.2 Å². The molecule has 0 atom stereocenters. The van der Waals surface area contributed by atoms with E-state index in [1.165, 1.54) is 0 Å². The fraction of sp³-hybridized carbons (Fsp3) is 0.500. The number of hydrogen-bond donors (Lipinski definition) is 2. The Hall–Kier alpha value is -1.16. The van der Waals surface area contributed by atoms with Crippen molar-refractivity contribution in [2.24, 2.45) is 0 Å². The van der Waals surface area contributed by atoms with Crippen LogP contribution in [-0.4, -0.2) is 30.5 Å². The quantitative estimate of drug-likeness (QED) is 0.861. The standard InChI is InChI=1S/C14H22N2OS/c1-10-8-11(6-7-12(10)15-4)13(17)16-9-14(2,3)18-5/h6-8,15H,9H2,1-5H3,(H,16,17). The minimum absolute atomic E-state index is 0.0112. The van der Waals surface area contributed by atoms with E-state index in [4.69, 9.17) is 0 Å². The maximum Gasteiger partial charge on any atom is 0.251 e. The summed E-state index contributed by atoms with van der Waals surface area (Å²) >= 11 is 1.75. The number of thioether (sulfide) groups is 1. The lowest BCUT2D eigenvalue weighted by Gasteiger charge is -2.22. The van der Waals surface area contributed by atoms with Crippen molar-refractivity contribution in [3.8, 4) is 0 Å². The van der Waals surface area contributed by atoms with Gasteiger partial charge in [-0.05, 0) is 50.8 Å². The molecule has 3 nitrogen and oxygen atoms in total. The summed E-state index contributed by atoms with van der Waals surface area (Å²) in [5, 5.41) is 6.07. The Labute approximate surface area is 114 Å². The average Bonchev–Trinajstić information content (AvgIpc) is 2.36. The highest BCUT2D eigenvalue weighted by Crippen LogP contribution is 2.20. The molecule has 0 spiro atoms. The van der Waals surface area contributed by atoms with Crippen LogP contribution in [0.25, 0.3) is 0 Å². The number of aryl methyl sites for hydroxylation is 1. The summed E-state index contributed by atoms with van der Waals surface area (Å²) in [5.41, 5.74) is 2.84. The number of nitrogens with one attached hydrogen (secondary N) is 2. The first-order valence-corrected chi connectivity index (χ1v) is 7.24. The normalized spacial score (nSPS) is 11.2. The lowest BCUT2D eigenvalue weighted by Crippen LogP contribution is -2.36. The SMILES string of the molecule is CNc1ccc(C(=O)NCC(C)(C)SC)cc1C. The molecule has 0 heterocycles. The predicted octanol–water partition coefficient (Wildman–Crippen LogP) is 2.91. The Morgan fingerprint density at radius 1 is 1.39 bits per heavy atom. The van der Waals surface area contributed by atoms with E-state index in [1.54, 1.807) is 11.8 Å². The van der Waals surface area contributed by atoms with Crippen LogP contribution in [-0.2, 0) is 0 Å². The van der Waals surface area contributed by atoms with Gasteiger partial charge in [0.05, 0.1) is 0 Å². The van der Waals surface area contributed by atoms with Gasteiger partial charge in [-0.1, -0.05) is 0 Å². The molecule has 0 fully saturated rings. The van der Waals surface area contributed by atoms with E-state index in [1.807, 2.05) is 32.2 Å². The molecule has 4 heteroatoms. The van der Waals surface area contributed by atoms with Crippen molar-refractivity contribution in [1.82, 2.24) is 5.32 Å². The van der Waals surface area contributed by atoms with Gasteiger partial charge in [0.2, 0.25) is 0 Å². The van der Waals surface area contributed by atoms with Crippen LogP contribution in [0.1, 0.15) is 29.8 Å². The largest absolute Gasteiger partial charge is 0.388 e. The fourth-order valence-electron chi connectivity index (χ4n) is 1.55. The number of anilines is 1. The molecule has 0 saturated carbocycles. The Morgan fingerprint density at radius 2 is 2.06 bits per heavy atom. The Morgan fingerprint density at radius 3 is 2.56 bits per heavy atom. The van der Waals surface area contributed by atoms with Crippen molar-refractivity contribution in [3.63, 3.8) is 0 Å². The summed E-state index contributed by atoms with van der Waals surface area (Å²) in [7, 11) is 1.88. The smallest absolute Gasteiger partial charge is 0.251 e. The van der Waals surface area contributed by atoms with Gasteiger partial charge in [0.1, 0.15) is 0 Å². The zero-order valence-electron chi connectivity index (χ0n) is 11.8. The summed E-state index contributed by atoms with van der Waals surface area (Å²) in [6.07, 6.45) is 2.05. The van der Waals surface area contributed by atoms with Crippen molar-refractivity contribution >= 4 is 23.4 Å². The lowest BCUT2D eigenvalue weighted by molar-refractivity contribution is 0.0951. The third-order valence-electron chi connectivity index (χ3n) is 2.99. The molecular weight excluding hydrogens is 244 g/mol. The third-order valence-corrected chi connectivity index (χ3v) is 4.23. The number of carbonyl (C=O) groups is 1. The zero-order chi connectivity index (χ0) is 13.8. The summed E-state index contributed by atoms with van der Waals surface area (Å²) in [5.74, 6) is -0.0112. The second-order valence-electron chi connectivity index (χ2n) is 4.93. The maximum atomic E-state index is 12.0. The molecule has 0 bridgehead atoms. The van der Waals surface area contributed by atoms with E-state index in [0.717, 1.165) is 11.3 Å². The van der Waals surface area contributed by atoms with Crippen LogP contribution >= 0.6 is 11.8 Å². The van der Waals surface area contributed by atoms with E-state index in [2.05, 4.69) is 30.7 Å². The van der Waals surface area contributed by atoms with Crippen molar-refractivity contribution in [1.29, 1.82) is 0 Å². The molecule has 0 aliphatic carbocycles. The highest BCUT2D eigenvalue weighted by atomic mass is 32.2. The highest BCUT2D eigenvalue weighted by molar-refractivity contribution is 7.99. The molecule has 1 aromatic carbocycles. The topological polar surface area (TPSA) is 41.1 Å². The molecule has 0 aromatic heterocycles. The van der Waals surface area contributed by atoms with Gasteiger partial charge in [0, 0.05) is 29.6 Å². The summed E-state index contributed by atoms with van der Waals surface area (Å²) in [6.45, 7) is 6.90. The Balaban J connectivity index is 2.71. The maximum absolute atomic E-state index is 12.0. The van der Waals surface area contributed by atoms with Crippen molar-refractivity contribution in [2.45, 2.75) is 25.5 Å². The van der Waals surface area contributed by atoms with Gasteiger partial charge in [0.25, 0.3) is 5.91 Å². The molecule has 100 valence electrons. The summed E-state index contributed by atoms with van der Waals surface area (Å²) in [6, 6.07) is 5.69. The van der Waals surface area contributed by atoms with Gasteiger partial charge < -0.3 is 10.6 Å². The minimum atomic E-state index is -0.0112. The van der Waals surface area contributed by atoms with E-state index in [0.29, 0.717) is 12.1 Å². The number of rotatable bonds is 5. The van der Waals surface area contributed by atoms with E-state index in [9.17, 15) is 4.79 Å². The first-order valence-electron chi connectivity index (χ1n) is 6.01. The van der Waals surface area contributed by atoms with Gasteiger partial charge in [0.15, 0.2) is 0 Å². The van der Waals surface area contributed by atoms with E-state index >= 15 is 0 Å². The molecule has 2 N–H and O–H groups in total. The van der Waals surface area contributed by atoms with Crippen LogP contribution in [0.2, 0.25) is 0 Å². The van der Waals surface area contributed by atoms with Gasteiger partial charge in [-0.3, -0.25) is 4.79 Å². The van der Waals surface area contributed by atoms with Crippen LogP contribution in [0, 0.1) is 6.92 Å². The number of hydrogen-bond acceptors (Lipinski definition) is 3. The molecule has 1 amide bonds. The van der Waals surface area contributed by atoms with E-state index in [-0.39, 0.29) is 10.7 Å². The van der Waals surface area contributed by atoms with Crippen LogP contribution in [0.5, 0.6) is 0 Å². The fourth-order valence-corrected chi connectivity index (χ4v) is 1.77. The number of amides is 1. The Kier molecular flexibility index (Phi) is 5.08. The van der Waals surface area contributed by atoms with Crippen molar-refractivity contribution < 1.29 is 4.79 Å². The average molecular weight is 266 g/mol. The molecule has 0 aliphatic rings. The van der Waals surface area contributed by atoms with Crippen LogP contribution < -0.4 is 10.6 Å². The van der Waals surface area contributed by atoms with Gasteiger partial charge >= 0.3 is 0 Å². The predicted molar refractivity (Wildman–Crippen MR) is 80.7 cm³/mol. The second kappa shape index (κ2) is 6.14. The van der Waals surface area contributed by atoms with Crippen molar-refractivity contribution in [3.05, 3.63) is 29.3 Å². The first-order chi connectivity index (χ1) is 8.39. The number of carbonyl (C=O) groups excluding carboxylic acids is 1. The second-order valence-corrected chi connectivity index (χ2v) is 6.44. The zero-order valence-corrected chi connectivity index (χ0v) is 12.6. The Bertz CT molecular complexity index is 430. The lowest BCUT2D eigenvalue weighted by atomic mass is 10.1. The van der Waals surface area contributed by atoms with Gasteiger partial charge in [-0.15, -0.1) is 0 Å². The molecule has 1 rings (SSSR count). The minimum Gasteiger partial charge on any atom is -0.388 e. The highest BCUT2D eigenvalue weighted by Gasteiger charge is 2.17. The molecule has 0 saturated heterocycles. The molecule has 1 aromatic rings. The van der Waals surface area contributed by atoms with Crippen LogP contribution in [0.15, 0.2) is 18.2 Å². The molecular formula is C14H22N2OS.